The van der Waals surface area contributed by atoms with Gasteiger partial charge in [0, 0.05) is 18.1 Å². The maximum absolute atomic E-state index is 11.5. The number of Topliss-reactive ketones (excluding diaryl/α,β-unsaturated/α-hetero) is 1. The van der Waals surface area contributed by atoms with Crippen LogP contribution >= 0.6 is 0 Å². The number of hydrogen-bond donors (Lipinski definition) is 1. The summed E-state index contributed by atoms with van der Waals surface area (Å²) >= 11 is 0. The van der Waals surface area contributed by atoms with E-state index in [2.05, 4.69) is 5.16 Å². The van der Waals surface area contributed by atoms with Gasteiger partial charge in [0.1, 0.15) is 0 Å². The van der Waals surface area contributed by atoms with Gasteiger partial charge >= 0.3 is 0 Å². The van der Waals surface area contributed by atoms with Crippen molar-refractivity contribution in [1.82, 2.24) is 4.40 Å². The molecule has 4 nitrogen and oxygen atoms in total. The summed E-state index contributed by atoms with van der Waals surface area (Å²) in [6, 6.07) is 7.83. The first-order chi connectivity index (χ1) is 8.06. The van der Waals surface area contributed by atoms with Gasteiger partial charge < -0.3 is 9.61 Å². The van der Waals surface area contributed by atoms with Crippen LogP contribution in [0.2, 0.25) is 0 Å². The molecular weight excluding hydrogens is 216 g/mol. The van der Waals surface area contributed by atoms with Gasteiger partial charge in [-0.2, -0.15) is 0 Å². The molecule has 0 spiro atoms. The third kappa shape index (κ3) is 1.71. The second kappa shape index (κ2) is 4.05. The summed E-state index contributed by atoms with van der Waals surface area (Å²) in [6.07, 6.45) is 0. The molecule has 0 unspecified atom stereocenters. The second-order valence-electron chi connectivity index (χ2n) is 4.11. The van der Waals surface area contributed by atoms with Crippen LogP contribution in [0, 0.1) is 13.8 Å². The summed E-state index contributed by atoms with van der Waals surface area (Å²) in [5, 5.41) is 12.1. The maximum atomic E-state index is 11.5. The highest BCUT2D eigenvalue weighted by Gasteiger charge is 2.18. The molecular formula is C13H14N2O2. The fraction of sp³-hybridized carbons (Fsp3) is 0.231. The van der Waals surface area contributed by atoms with Crippen molar-refractivity contribution < 1.29 is 10.0 Å². The molecule has 0 saturated heterocycles. The van der Waals surface area contributed by atoms with Crippen LogP contribution in [0.25, 0.3) is 5.52 Å². The van der Waals surface area contributed by atoms with Crippen LogP contribution in [0.5, 0.6) is 0 Å². The number of aromatic nitrogens is 1. The number of pyridine rings is 1. The number of rotatable bonds is 2. The van der Waals surface area contributed by atoms with Gasteiger partial charge in [0.15, 0.2) is 11.5 Å². The fourth-order valence-corrected chi connectivity index (χ4v) is 2.10. The first-order valence-corrected chi connectivity index (χ1v) is 5.37. The molecule has 0 aliphatic carbocycles. The lowest BCUT2D eigenvalue weighted by molar-refractivity contribution is -0.111. The predicted octanol–water partition coefficient (Wildman–Crippen LogP) is 2.32. The van der Waals surface area contributed by atoms with E-state index in [1.54, 1.807) is 0 Å². The molecule has 0 aliphatic heterocycles. The minimum Gasteiger partial charge on any atom is -0.410 e. The van der Waals surface area contributed by atoms with Crippen molar-refractivity contribution in [2.24, 2.45) is 5.16 Å². The van der Waals surface area contributed by atoms with Gasteiger partial charge in [0.05, 0.1) is 5.69 Å². The number of nitrogens with zero attached hydrogens (tertiary/aromatic N) is 2. The van der Waals surface area contributed by atoms with Crippen molar-refractivity contribution in [3.05, 3.63) is 41.2 Å². The molecule has 0 amide bonds. The Hall–Kier alpha value is -2.10. The second-order valence-corrected chi connectivity index (χ2v) is 4.11. The fourth-order valence-electron chi connectivity index (χ4n) is 2.10. The number of carbonyl (C=O) groups is 1. The highest BCUT2D eigenvalue weighted by molar-refractivity contribution is 6.45. The number of fused-ring (bicyclic) bond motifs is 1. The normalized spacial score (nSPS) is 12.1. The van der Waals surface area contributed by atoms with E-state index >= 15 is 0 Å². The lowest BCUT2D eigenvalue weighted by Gasteiger charge is -2.07. The molecule has 0 aromatic carbocycles. The van der Waals surface area contributed by atoms with Gasteiger partial charge in [0.25, 0.3) is 0 Å². The zero-order valence-corrected chi connectivity index (χ0v) is 10.1. The van der Waals surface area contributed by atoms with Gasteiger partial charge in [-0.05, 0) is 37.6 Å². The largest absolute Gasteiger partial charge is 0.410 e. The minimum absolute atomic E-state index is 0.0943. The van der Waals surface area contributed by atoms with Crippen LogP contribution in [0.1, 0.15) is 23.9 Å². The third-order valence-electron chi connectivity index (χ3n) is 2.83. The van der Waals surface area contributed by atoms with E-state index < -0.39 is 0 Å². The summed E-state index contributed by atoms with van der Waals surface area (Å²) < 4.78 is 1.92. The zero-order valence-electron chi connectivity index (χ0n) is 10.1. The molecule has 2 aromatic rings. The molecule has 17 heavy (non-hydrogen) atoms. The van der Waals surface area contributed by atoms with E-state index in [0.29, 0.717) is 5.69 Å². The van der Waals surface area contributed by atoms with Gasteiger partial charge in [-0.3, -0.25) is 4.79 Å². The quantitative estimate of drug-likeness (QED) is 0.489. The summed E-state index contributed by atoms with van der Waals surface area (Å²) in [4.78, 5) is 11.5. The average molecular weight is 230 g/mol. The number of oxime groups is 1. The summed E-state index contributed by atoms with van der Waals surface area (Å²) in [6.45, 7) is 5.24. The Labute approximate surface area is 99.2 Å². The van der Waals surface area contributed by atoms with Crippen LogP contribution in [0.3, 0.4) is 0 Å². The minimum atomic E-state index is -0.251. The van der Waals surface area contributed by atoms with Crippen LogP contribution in [-0.4, -0.2) is 21.1 Å². The molecule has 0 fully saturated rings. The molecule has 0 atom stereocenters. The molecule has 2 heterocycles. The lowest BCUT2D eigenvalue weighted by atomic mass is 10.1. The van der Waals surface area contributed by atoms with E-state index in [-0.39, 0.29) is 11.5 Å². The maximum Gasteiger partial charge on any atom is 0.183 e. The lowest BCUT2D eigenvalue weighted by Crippen LogP contribution is -2.16. The number of ketones is 1. The molecule has 88 valence electrons. The van der Waals surface area contributed by atoms with E-state index in [9.17, 15) is 4.79 Å². The Balaban J connectivity index is 2.85. The number of hydrogen-bond acceptors (Lipinski definition) is 3. The van der Waals surface area contributed by atoms with Gasteiger partial charge in [-0.15, -0.1) is 0 Å². The van der Waals surface area contributed by atoms with Crippen molar-refractivity contribution in [2.45, 2.75) is 20.8 Å². The predicted molar refractivity (Wildman–Crippen MR) is 65.9 cm³/mol. The Morgan fingerprint density at radius 2 is 2.06 bits per heavy atom. The van der Waals surface area contributed by atoms with Gasteiger partial charge in [0.2, 0.25) is 0 Å². The monoisotopic (exact) mass is 230 g/mol. The standard InChI is InChI=1S/C13H14N2O2/c1-8-7-11-6-4-5-9(2)15(11)13(8)12(14-17)10(3)16/h4-7,17H,1-3H3/b14-12+. The highest BCUT2D eigenvalue weighted by Crippen LogP contribution is 2.19. The van der Waals surface area contributed by atoms with Gasteiger partial charge in [-0.25, -0.2) is 0 Å². The summed E-state index contributed by atoms with van der Waals surface area (Å²) in [5.41, 5.74) is 3.65. The molecule has 1 N–H and O–H groups in total. The van der Waals surface area contributed by atoms with Crippen molar-refractivity contribution in [2.75, 3.05) is 0 Å². The summed E-state index contributed by atoms with van der Waals surface area (Å²) in [5.74, 6) is -0.251. The van der Waals surface area contributed by atoms with E-state index in [4.69, 9.17) is 5.21 Å². The number of aryl methyl sites for hydroxylation is 2. The van der Waals surface area contributed by atoms with Crippen LogP contribution in [-0.2, 0) is 4.79 Å². The molecule has 4 heteroatoms. The van der Waals surface area contributed by atoms with Crippen LogP contribution in [0.15, 0.2) is 29.4 Å². The topological polar surface area (TPSA) is 54.1 Å². The molecule has 0 radical (unpaired) electrons. The van der Waals surface area contributed by atoms with Crippen LogP contribution in [0.4, 0.5) is 0 Å². The van der Waals surface area contributed by atoms with Crippen molar-refractivity contribution in [1.29, 1.82) is 0 Å². The number of carbonyl (C=O) groups excluding carboxylic acids is 1. The highest BCUT2D eigenvalue weighted by atomic mass is 16.4. The van der Waals surface area contributed by atoms with E-state index in [0.717, 1.165) is 16.8 Å². The first kappa shape index (κ1) is 11.4. The van der Waals surface area contributed by atoms with Crippen molar-refractivity contribution in [3.63, 3.8) is 0 Å². The SMILES string of the molecule is CC(=O)/C(=N\O)c1c(C)cc2cccc(C)n12. The van der Waals surface area contributed by atoms with Crippen LogP contribution < -0.4 is 0 Å². The Morgan fingerprint density at radius 1 is 1.35 bits per heavy atom. The Bertz CT molecular complexity index is 624. The van der Waals surface area contributed by atoms with Crippen molar-refractivity contribution >= 4 is 17.0 Å². The molecule has 2 aromatic heterocycles. The molecule has 2 rings (SSSR count). The van der Waals surface area contributed by atoms with Crippen molar-refractivity contribution in [3.8, 4) is 0 Å². The smallest absolute Gasteiger partial charge is 0.183 e. The zero-order chi connectivity index (χ0) is 12.6. The first-order valence-electron chi connectivity index (χ1n) is 5.37. The summed E-state index contributed by atoms with van der Waals surface area (Å²) in [7, 11) is 0. The Morgan fingerprint density at radius 3 is 2.65 bits per heavy atom. The van der Waals surface area contributed by atoms with E-state index in [1.807, 2.05) is 42.5 Å². The van der Waals surface area contributed by atoms with Gasteiger partial charge in [-0.1, -0.05) is 11.2 Å². The molecule has 0 aliphatic rings. The molecule has 0 saturated carbocycles. The van der Waals surface area contributed by atoms with E-state index in [1.165, 1.54) is 6.92 Å². The third-order valence-corrected chi connectivity index (χ3v) is 2.83. The molecule has 0 bridgehead atoms. The average Bonchev–Trinajstić information content (AvgIpc) is 2.58. The Kier molecular flexibility index (Phi) is 2.71.